The first-order chi connectivity index (χ1) is 10.0. The molecule has 0 bridgehead atoms. The molecule has 1 aromatic carbocycles. The van der Waals surface area contributed by atoms with Crippen LogP contribution in [0.2, 0.25) is 0 Å². The van der Waals surface area contributed by atoms with E-state index >= 15 is 0 Å². The molecule has 116 valence electrons. The molecule has 6 nitrogen and oxygen atoms in total. The van der Waals surface area contributed by atoms with Crippen molar-refractivity contribution in [3.63, 3.8) is 0 Å². The second-order valence-electron chi connectivity index (χ2n) is 5.30. The Bertz CT molecular complexity index is 578. The molecule has 1 amide bonds. The van der Waals surface area contributed by atoms with Gasteiger partial charge in [-0.25, -0.2) is 19.0 Å². The van der Waals surface area contributed by atoms with Gasteiger partial charge in [0.05, 0.1) is 11.4 Å². The van der Waals surface area contributed by atoms with Crippen LogP contribution in [0.25, 0.3) is 0 Å². The number of benzene rings is 1. The number of hydrazine groups is 1. The molecule has 0 aliphatic heterocycles. The molecule has 7 heteroatoms. The molecule has 4 N–H and O–H groups in total. The highest BCUT2D eigenvalue weighted by molar-refractivity contribution is 7.89. The van der Waals surface area contributed by atoms with Crippen molar-refractivity contribution < 1.29 is 13.2 Å². The number of nitrogens with one attached hydrogen (secondary N) is 2. The summed E-state index contributed by atoms with van der Waals surface area (Å²) in [6, 6.07) is 6.92. The zero-order valence-corrected chi connectivity index (χ0v) is 12.7. The molecule has 0 heterocycles. The second-order valence-corrected chi connectivity index (χ2v) is 7.06. The van der Waals surface area contributed by atoms with Crippen molar-refractivity contribution in [2.75, 3.05) is 6.54 Å². The summed E-state index contributed by atoms with van der Waals surface area (Å²) in [5.41, 5.74) is 3.06. The molecule has 1 aliphatic rings. The second kappa shape index (κ2) is 7.02. The SMILES string of the molecule is NNC(=O)CNS(=O)(=O)c1ccc(C2CCCCC2)cc1. The van der Waals surface area contributed by atoms with E-state index < -0.39 is 15.9 Å². The van der Waals surface area contributed by atoms with E-state index in [0.717, 1.165) is 0 Å². The summed E-state index contributed by atoms with van der Waals surface area (Å²) < 4.78 is 26.2. The minimum Gasteiger partial charge on any atom is -0.293 e. The van der Waals surface area contributed by atoms with E-state index in [1.807, 2.05) is 17.6 Å². The van der Waals surface area contributed by atoms with Gasteiger partial charge in [0, 0.05) is 0 Å². The Labute approximate surface area is 125 Å². The summed E-state index contributed by atoms with van der Waals surface area (Å²) in [7, 11) is -3.68. The highest BCUT2D eigenvalue weighted by Crippen LogP contribution is 2.32. The van der Waals surface area contributed by atoms with Crippen LogP contribution in [0.3, 0.4) is 0 Å². The molecule has 0 unspecified atom stereocenters. The summed E-state index contributed by atoms with van der Waals surface area (Å²) in [5.74, 6) is 4.86. The van der Waals surface area contributed by atoms with Crippen molar-refractivity contribution in [3.8, 4) is 0 Å². The third kappa shape index (κ3) is 4.26. The van der Waals surface area contributed by atoms with Crippen molar-refractivity contribution in [2.24, 2.45) is 5.84 Å². The van der Waals surface area contributed by atoms with Crippen LogP contribution < -0.4 is 16.0 Å². The van der Waals surface area contributed by atoms with Crippen molar-refractivity contribution in [1.29, 1.82) is 0 Å². The van der Waals surface area contributed by atoms with Crippen LogP contribution in [0.5, 0.6) is 0 Å². The summed E-state index contributed by atoms with van der Waals surface area (Å²) in [4.78, 5) is 11.1. The fourth-order valence-corrected chi connectivity index (χ4v) is 3.63. The molecule has 1 fully saturated rings. The number of hydrogen-bond acceptors (Lipinski definition) is 4. The zero-order valence-electron chi connectivity index (χ0n) is 11.8. The monoisotopic (exact) mass is 311 g/mol. The van der Waals surface area contributed by atoms with Gasteiger partial charge < -0.3 is 0 Å². The van der Waals surface area contributed by atoms with Crippen LogP contribution in [0.4, 0.5) is 0 Å². The van der Waals surface area contributed by atoms with Gasteiger partial charge in [0.25, 0.3) is 0 Å². The van der Waals surface area contributed by atoms with Crippen molar-refractivity contribution in [1.82, 2.24) is 10.1 Å². The summed E-state index contributed by atoms with van der Waals surface area (Å²) in [6.45, 7) is -0.372. The van der Waals surface area contributed by atoms with Crippen LogP contribution in [-0.4, -0.2) is 20.9 Å². The van der Waals surface area contributed by atoms with Gasteiger partial charge in [-0.05, 0) is 36.5 Å². The number of rotatable bonds is 5. The van der Waals surface area contributed by atoms with Gasteiger partial charge in [0.2, 0.25) is 15.9 Å². The average molecular weight is 311 g/mol. The van der Waals surface area contributed by atoms with Crippen molar-refractivity contribution in [2.45, 2.75) is 42.9 Å². The Morgan fingerprint density at radius 1 is 1.14 bits per heavy atom. The third-order valence-corrected chi connectivity index (χ3v) is 5.27. The first kappa shape index (κ1) is 15.9. The highest BCUT2D eigenvalue weighted by atomic mass is 32.2. The lowest BCUT2D eigenvalue weighted by atomic mass is 9.84. The molecular weight excluding hydrogens is 290 g/mol. The van der Waals surface area contributed by atoms with Gasteiger partial charge in [-0.3, -0.25) is 10.2 Å². The average Bonchev–Trinajstić information content (AvgIpc) is 2.53. The van der Waals surface area contributed by atoms with Crippen LogP contribution >= 0.6 is 0 Å². The molecule has 0 radical (unpaired) electrons. The van der Waals surface area contributed by atoms with E-state index in [-0.39, 0.29) is 11.4 Å². The van der Waals surface area contributed by atoms with E-state index in [1.54, 1.807) is 12.1 Å². The lowest BCUT2D eigenvalue weighted by molar-refractivity contribution is -0.120. The Kier molecular flexibility index (Phi) is 5.33. The maximum atomic E-state index is 12.0. The topological polar surface area (TPSA) is 101 Å². The van der Waals surface area contributed by atoms with Gasteiger partial charge in [0.15, 0.2) is 0 Å². The molecule has 0 aromatic heterocycles. The summed E-state index contributed by atoms with van der Waals surface area (Å²) in [6.07, 6.45) is 6.10. The van der Waals surface area contributed by atoms with Gasteiger partial charge >= 0.3 is 0 Å². The quantitative estimate of drug-likeness (QED) is 0.429. The smallest absolute Gasteiger partial charge is 0.248 e. The van der Waals surface area contributed by atoms with E-state index in [0.29, 0.717) is 5.92 Å². The van der Waals surface area contributed by atoms with E-state index in [9.17, 15) is 13.2 Å². The Hall–Kier alpha value is -1.44. The number of nitrogens with two attached hydrogens (primary N) is 1. The molecular formula is C14H21N3O3S. The Balaban J connectivity index is 2.05. The number of amides is 1. The van der Waals surface area contributed by atoms with Crippen LogP contribution in [0.15, 0.2) is 29.2 Å². The molecule has 0 atom stereocenters. The van der Waals surface area contributed by atoms with Crippen LogP contribution in [0.1, 0.15) is 43.6 Å². The highest BCUT2D eigenvalue weighted by Gasteiger charge is 2.18. The van der Waals surface area contributed by atoms with Gasteiger partial charge in [0.1, 0.15) is 0 Å². The van der Waals surface area contributed by atoms with Crippen LogP contribution in [0, 0.1) is 0 Å². The number of carbonyl (C=O) groups is 1. The first-order valence-electron chi connectivity index (χ1n) is 7.12. The third-order valence-electron chi connectivity index (χ3n) is 3.85. The largest absolute Gasteiger partial charge is 0.293 e. The molecule has 1 aliphatic carbocycles. The maximum absolute atomic E-state index is 12.0. The Morgan fingerprint density at radius 2 is 1.76 bits per heavy atom. The predicted octanol–water partition coefficient (Wildman–Crippen LogP) is 1.00. The standard InChI is InChI=1S/C14H21N3O3S/c15-17-14(18)10-16-21(19,20)13-8-6-12(7-9-13)11-4-2-1-3-5-11/h6-9,11,16H,1-5,10,15H2,(H,17,18). The van der Waals surface area contributed by atoms with Crippen LogP contribution in [-0.2, 0) is 14.8 Å². The van der Waals surface area contributed by atoms with E-state index in [4.69, 9.17) is 5.84 Å². The molecule has 1 aromatic rings. The zero-order chi connectivity index (χ0) is 15.3. The number of sulfonamides is 1. The normalized spacial score (nSPS) is 16.6. The molecule has 1 saturated carbocycles. The van der Waals surface area contributed by atoms with Gasteiger partial charge in [-0.1, -0.05) is 31.4 Å². The van der Waals surface area contributed by atoms with E-state index in [2.05, 4.69) is 4.72 Å². The van der Waals surface area contributed by atoms with Gasteiger partial charge in [-0.15, -0.1) is 0 Å². The maximum Gasteiger partial charge on any atom is 0.248 e. The summed E-state index contributed by atoms with van der Waals surface area (Å²) >= 11 is 0. The fraction of sp³-hybridized carbons (Fsp3) is 0.500. The molecule has 2 rings (SSSR count). The summed E-state index contributed by atoms with van der Waals surface area (Å²) in [5, 5.41) is 0. The number of hydrogen-bond donors (Lipinski definition) is 3. The number of carbonyl (C=O) groups excluding carboxylic acids is 1. The minimum atomic E-state index is -3.68. The van der Waals surface area contributed by atoms with Gasteiger partial charge in [-0.2, -0.15) is 0 Å². The molecule has 21 heavy (non-hydrogen) atoms. The minimum absolute atomic E-state index is 0.159. The molecule has 0 spiro atoms. The lowest BCUT2D eigenvalue weighted by Crippen LogP contribution is -2.40. The van der Waals surface area contributed by atoms with Crippen molar-refractivity contribution >= 4 is 15.9 Å². The molecule has 0 saturated heterocycles. The fourth-order valence-electron chi connectivity index (χ4n) is 2.65. The van der Waals surface area contributed by atoms with E-state index in [1.165, 1.54) is 37.7 Å². The first-order valence-corrected chi connectivity index (χ1v) is 8.60. The van der Waals surface area contributed by atoms with Crippen molar-refractivity contribution in [3.05, 3.63) is 29.8 Å². The predicted molar refractivity (Wildman–Crippen MR) is 79.8 cm³/mol. The lowest BCUT2D eigenvalue weighted by Gasteiger charge is -2.22. The Morgan fingerprint density at radius 3 is 2.33 bits per heavy atom.